The fourth-order valence-corrected chi connectivity index (χ4v) is 3.95. The minimum atomic E-state index is 0.163. The molecule has 1 unspecified atom stereocenters. The van der Waals surface area contributed by atoms with Gasteiger partial charge in [-0.2, -0.15) is 0 Å². The van der Waals surface area contributed by atoms with Crippen molar-refractivity contribution in [2.24, 2.45) is 11.1 Å². The molecule has 0 spiro atoms. The summed E-state index contributed by atoms with van der Waals surface area (Å²) in [5.74, 6) is 0. The van der Waals surface area contributed by atoms with Crippen molar-refractivity contribution in [3.63, 3.8) is 0 Å². The third-order valence-electron chi connectivity index (χ3n) is 4.20. The van der Waals surface area contributed by atoms with Crippen LogP contribution in [0.15, 0.2) is 30.3 Å². The first-order valence-corrected chi connectivity index (χ1v) is 8.18. The Morgan fingerprint density at radius 2 is 2.05 bits per heavy atom. The van der Waals surface area contributed by atoms with Crippen molar-refractivity contribution in [2.45, 2.75) is 39.7 Å². The number of hydrogen-bond acceptors (Lipinski definition) is 1. The Morgan fingerprint density at radius 1 is 1.30 bits per heavy atom. The van der Waals surface area contributed by atoms with E-state index in [2.05, 4.69) is 78.3 Å². The van der Waals surface area contributed by atoms with E-state index in [-0.39, 0.29) is 11.5 Å². The fourth-order valence-electron chi connectivity index (χ4n) is 3.42. The van der Waals surface area contributed by atoms with Crippen molar-refractivity contribution in [1.82, 2.24) is 4.57 Å². The number of rotatable bonds is 1. The Labute approximate surface area is 134 Å². The number of benzene rings is 1. The Bertz CT molecular complexity index is 655. The molecular formula is C17H21IN2. The Kier molecular flexibility index (Phi) is 3.45. The summed E-state index contributed by atoms with van der Waals surface area (Å²) in [7, 11) is 0. The quantitative estimate of drug-likeness (QED) is 0.733. The molecule has 0 amide bonds. The van der Waals surface area contributed by atoms with Gasteiger partial charge in [0.2, 0.25) is 0 Å². The number of aromatic nitrogens is 1. The van der Waals surface area contributed by atoms with E-state index in [9.17, 15) is 0 Å². The topological polar surface area (TPSA) is 30.9 Å². The Morgan fingerprint density at radius 3 is 2.75 bits per heavy atom. The molecule has 3 rings (SSSR count). The maximum absolute atomic E-state index is 6.40. The van der Waals surface area contributed by atoms with Crippen LogP contribution in [0.3, 0.4) is 0 Å². The van der Waals surface area contributed by atoms with Crippen molar-refractivity contribution in [3.05, 3.63) is 50.9 Å². The van der Waals surface area contributed by atoms with Crippen molar-refractivity contribution in [1.29, 1.82) is 0 Å². The molecule has 2 N–H and O–H groups in total. The smallest absolute Gasteiger partial charge is 0.0465 e. The molecule has 0 aliphatic heterocycles. The third kappa shape index (κ3) is 2.42. The Balaban J connectivity index is 2.19. The van der Waals surface area contributed by atoms with Gasteiger partial charge in [0.25, 0.3) is 0 Å². The van der Waals surface area contributed by atoms with Crippen LogP contribution < -0.4 is 5.73 Å². The first kappa shape index (κ1) is 14.1. The molecule has 3 heteroatoms. The molecule has 1 aromatic heterocycles. The van der Waals surface area contributed by atoms with E-state index in [4.69, 9.17) is 5.73 Å². The minimum Gasteiger partial charge on any atom is -0.324 e. The summed E-state index contributed by atoms with van der Waals surface area (Å²) in [5.41, 5.74) is 11.9. The van der Waals surface area contributed by atoms with Crippen molar-refractivity contribution < 1.29 is 0 Å². The molecule has 0 saturated carbocycles. The highest BCUT2D eigenvalue weighted by Gasteiger charge is 2.33. The second-order valence-corrected chi connectivity index (χ2v) is 7.90. The van der Waals surface area contributed by atoms with Crippen molar-refractivity contribution in [3.8, 4) is 5.69 Å². The lowest BCUT2D eigenvalue weighted by molar-refractivity contribution is 0.278. The van der Waals surface area contributed by atoms with Crippen molar-refractivity contribution >= 4 is 22.6 Å². The largest absolute Gasteiger partial charge is 0.324 e. The van der Waals surface area contributed by atoms with E-state index in [1.54, 1.807) is 0 Å². The van der Waals surface area contributed by atoms with Gasteiger partial charge in [-0.05, 0) is 77.6 Å². The van der Waals surface area contributed by atoms with Crippen LogP contribution in [0.5, 0.6) is 0 Å². The van der Waals surface area contributed by atoms with Gasteiger partial charge in [0.1, 0.15) is 0 Å². The third-order valence-corrected chi connectivity index (χ3v) is 4.88. The number of fused-ring (bicyclic) bond motifs is 1. The van der Waals surface area contributed by atoms with Crippen LogP contribution >= 0.6 is 22.6 Å². The summed E-state index contributed by atoms with van der Waals surface area (Å²) < 4.78 is 3.65. The lowest BCUT2D eigenvalue weighted by Gasteiger charge is -2.34. The van der Waals surface area contributed by atoms with E-state index in [0.29, 0.717) is 0 Å². The molecule has 0 fully saturated rings. The molecule has 0 bridgehead atoms. The van der Waals surface area contributed by atoms with Crippen LogP contribution in [0.25, 0.3) is 5.69 Å². The van der Waals surface area contributed by atoms with Crippen molar-refractivity contribution in [2.75, 3.05) is 0 Å². The van der Waals surface area contributed by atoms with E-state index < -0.39 is 0 Å². The molecule has 2 aromatic rings. The van der Waals surface area contributed by atoms with Gasteiger partial charge >= 0.3 is 0 Å². The van der Waals surface area contributed by atoms with Gasteiger partial charge in [-0.1, -0.05) is 19.9 Å². The summed E-state index contributed by atoms with van der Waals surface area (Å²) in [6.07, 6.45) is 2.16. The van der Waals surface area contributed by atoms with E-state index in [1.165, 1.54) is 26.2 Å². The number of aryl methyl sites for hydroxylation is 1. The fraction of sp³-hybridized carbons (Fsp3) is 0.412. The minimum absolute atomic E-state index is 0.163. The highest BCUT2D eigenvalue weighted by atomic mass is 127. The highest BCUT2D eigenvalue weighted by Crippen LogP contribution is 2.41. The first-order chi connectivity index (χ1) is 9.37. The van der Waals surface area contributed by atoms with E-state index in [0.717, 1.165) is 12.8 Å². The molecule has 1 aromatic carbocycles. The van der Waals surface area contributed by atoms with Crippen LogP contribution in [0.1, 0.15) is 43.3 Å². The summed E-state index contributed by atoms with van der Waals surface area (Å²) in [4.78, 5) is 0. The van der Waals surface area contributed by atoms with Gasteiger partial charge < -0.3 is 10.3 Å². The zero-order valence-electron chi connectivity index (χ0n) is 12.3. The monoisotopic (exact) mass is 380 g/mol. The average molecular weight is 380 g/mol. The van der Waals surface area contributed by atoms with Crippen LogP contribution in [0, 0.1) is 15.9 Å². The standard InChI is InChI=1S/C17H21IN2/c1-11-7-14-15(19)9-17(2,3)10-16(14)20(11)13-6-4-5-12(18)8-13/h4-8,15H,9-10,19H2,1-3H3. The second kappa shape index (κ2) is 4.88. The van der Waals surface area contributed by atoms with Crippen LogP contribution in [-0.2, 0) is 6.42 Å². The molecule has 0 radical (unpaired) electrons. The number of hydrogen-bond donors (Lipinski definition) is 1. The Hall–Kier alpha value is -0.810. The second-order valence-electron chi connectivity index (χ2n) is 6.65. The summed E-state index contributed by atoms with van der Waals surface area (Å²) >= 11 is 2.37. The molecule has 1 aliphatic carbocycles. The van der Waals surface area contributed by atoms with Gasteiger partial charge in [-0.3, -0.25) is 0 Å². The highest BCUT2D eigenvalue weighted by molar-refractivity contribution is 14.1. The van der Waals surface area contributed by atoms with Crippen LogP contribution in [0.2, 0.25) is 0 Å². The molecular weight excluding hydrogens is 359 g/mol. The summed E-state index contributed by atoms with van der Waals surface area (Å²) in [6.45, 7) is 6.81. The number of nitrogens with zero attached hydrogens (tertiary/aromatic N) is 1. The van der Waals surface area contributed by atoms with Crippen LogP contribution in [-0.4, -0.2) is 4.57 Å². The van der Waals surface area contributed by atoms with Gasteiger partial charge in [-0.15, -0.1) is 0 Å². The average Bonchev–Trinajstić information content (AvgIpc) is 2.64. The normalized spacial score (nSPS) is 20.8. The first-order valence-electron chi connectivity index (χ1n) is 7.10. The zero-order valence-corrected chi connectivity index (χ0v) is 14.4. The number of nitrogens with two attached hydrogens (primary N) is 1. The van der Waals surface area contributed by atoms with E-state index in [1.807, 2.05) is 0 Å². The van der Waals surface area contributed by atoms with Gasteiger partial charge in [0.15, 0.2) is 0 Å². The molecule has 106 valence electrons. The lowest BCUT2D eigenvalue weighted by atomic mass is 9.74. The maximum atomic E-state index is 6.40. The van der Waals surface area contributed by atoms with E-state index >= 15 is 0 Å². The predicted molar refractivity (Wildman–Crippen MR) is 92.3 cm³/mol. The summed E-state index contributed by atoms with van der Waals surface area (Å²) in [6, 6.07) is 11.1. The SMILES string of the molecule is Cc1cc2c(n1-c1cccc(I)c1)CC(C)(C)CC2N. The molecule has 1 heterocycles. The lowest BCUT2D eigenvalue weighted by Crippen LogP contribution is -2.30. The molecule has 20 heavy (non-hydrogen) atoms. The predicted octanol–water partition coefficient (Wildman–Crippen LogP) is 4.36. The number of halogens is 1. The van der Waals surface area contributed by atoms with Gasteiger partial charge in [0.05, 0.1) is 0 Å². The molecule has 1 atom stereocenters. The van der Waals surface area contributed by atoms with Gasteiger partial charge in [0, 0.05) is 26.7 Å². The molecule has 1 aliphatic rings. The van der Waals surface area contributed by atoms with Gasteiger partial charge in [-0.25, -0.2) is 0 Å². The molecule has 0 saturated heterocycles. The van der Waals surface area contributed by atoms with Crippen LogP contribution in [0.4, 0.5) is 0 Å². The maximum Gasteiger partial charge on any atom is 0.0465 e. The molecule has 2 nitrogen and oxygen atoms in total. The zero-order chi connectivity index (χ0) is 14.5. The summed E-state index contributed by atoms with van der Waals surface area (Å²) in [5, 5.41) is 0.